The molecule has 18 heavy (non-hydrogen) atoms. The molecule has 7 heteroatoms. The molecule has 1 aliphatic rings. The van der Waals surface area contributed by atoms with Crippen LogP contribution in [0.4, 0.5) is 5.82 Å². The minimum atomic E-state index is -2.91. The highest BCUT2D eigenvalue weighted by molar-refractivity contribution is 7.91. The van der Waals surface area contributed by atoms with Gasteiger partial charge in [-0.25, -0.2) is 18.4 Å². The summed E-state index contributed by atoms with van der Waals surface area (Å²) in [5.74, 6) is 1.78. The lowest BCUT2D eigenvalue weighted by molar-refractivity contribution is 0.597. The van der Waals surface area contributed by atoms with Gasteiger partial charge in [0.25, 0.3) is 0 Å². The highest BCUT2D eigenvalue weighted by atomic mass is 35.5. The first kappa shape index (κ1) is 13.5. The van der Waals surface area contributed by atoms with Crippen molar-refractivity contribution in [2.75, 3.05) is 29.5 Å². The Balaban J connectivity index is 2.32. The van der Waals surface area contributed by atoms with Crippen LogP contribution in [0.1, 0.15) is 17.8 Å². The van der Waals surface area contributed by atoms with E-state index in [0.29, 0.717) is 30.5 Å². The fourth-order valence-corrected chi connectivity index (χ4v) is 3.52. The standard InChI is InChI=1S/C11H16ClN3O2S/c1-8-10(12)13-9(2)14-11(8)15-4-3-6-18(16,17)7-5-15/h3-7H2,1-2H3. The summed E-state index contributed by atoms with van der Waals surface area (Å²) in [5, 5.41) is 0.435. The number of nitrogens with zero attached hydrogens (tertiary/aromatic N) is 3. The molecule has 0 saturated carbocycles. The zero-order chi connectivity index (χ0) is 13.3. The average molecular weight is 290 g/mol. The Morgan fingerprint density at radius 1 is 1.17 bits per heavy atom. The molecular formula is C11H16ClN3O2S. The van der Waals surface area contributed by atoms with Crippen LogP contribution in [0.3, 0.4) is 0 Å². The maximum Gasteiger partial charge on any atom is 0.152 e. The molecule has 5 nitrogen and oxygen atoms in total. The van der Waals surface area contributed by atoms with Crippen LogP contribution in [0, 0.1) is 13.8 Å². The fourth-order valence-electron chi connectivity index (χ4n) is 2.04. The normalized spacial score (nSPS) is 19.6. The molecule has 2 rings (SSSR count). The molecule has 0 aliphatic carbocycles. The van der Waals surface area contributed by atoms with Gasteiger partial charge in [0.2, 0.25) is 0 Å². The smallest absolute Gasteiger partial charge is 0.152 e. The molecule has 0 aromatic carbocycles. The van der Waals surface area contributed by atoms with E-state index in [4.69, 9.17) is 11.6 Å². The zero-order valence-corrected chi connectivity index (χ0v) is 12.1. The Kier molecular flexibility index (Phi) is 3.77. The Morgan fingerprint density at radius 2 is 1.89 bits per heavy atom. The van der Waals surface area contributed by atoms with Crippen LogP contribution in [-0.4, -0.2) is 43.0 Å². The average Bonchev–Trinajstić information content (AvgIpc) is 2.45. The van der Waals surface area contributed by atoms with Crippen LogP contribution in [0.15, 0.2) is 0 Å². The fraction of sp³-hybridized carbons (Fsp3) is 0.636. The van der Waals surface area contributed by atoms with E-state index in [1.54, 1.807) is 6.92 Å². The second-order valence-electron chi connectivity index (χ2n) is 4.50. The molecule has 1 saturated heterocycles. The second kappa shape index (κ2) is 5.01. The summed E-state index contributed by atoms with van der Waals surface area (Å²) >= 11 is 6.04. The monoisotopic (exact) mass is 289 g/mol. The van der Waals surface area contributed by atoms with Crippen molar-refractivity contribution < 1.29 is 8.42 Å². The molecule has 0 spiro atoms. The Morgan fingerprint density at radius 3 is 2.61 bits per heavy atom. The van der Waals surface area contributed by atoms with Gasteiger partial charge in [-0.2, -0.15) is 0 Å². The molecule has 0 radical (unpaired) electrons. The first-order valence-corrected chi connectivity index (χ1v) is 8.05. The summed E-state index contributed by atoms with van der Waals surface area (Å²) in [6.45, 7) is 4.79. The predicted octanol–water partition coefficient (Wildman–Crippen LogP) is 1.37. The van der Waals surface area contributed by atoms with E-state index in [1.165, 1.54) is 0 Å². The molecule has 100 valence electrons. The lowest BCUT2D eigenvalue weighted by Gasteiger charge is -2.23. The molecule has 1 aliphatic heterocycles. The summed E-state index contributed by atoms with van der Waals surface area (Å²) < 4.78 is 23.2. The third kappa shape index (κ3) is 2.92. The summed E-state index contributed by atoms with van der Waals surface area (Å²) in [6.07, 6.45) is 0.627. The van der Waals surface area contributed by atoms with Crippen LogP contribution >= 0.6 is 11.6 Å². The van der Waals surface area contributed by atoms with Gasteiger partial charge in [0.15, 0.2) is 9.84 Å². The molecule has 1 aromatic rings. The number of anilines is 1. The van der Waals surface area contributed by atoms with Crippen molar-refractivity contribution in [3.63, 3.8) is 0 Å². The lowest BCUT2D eigenvalue weighted by atomic mass is 10.3. The lowest BCUT2D eigenvalue weighted by Crippen LogP contribution is -2.28. The maximum absolute atomic E-state index is 11.6. The van der Waals surface area contributed by atoms with Gasteiger partial charge < -0.3 is 4.90 Å². The molecule has 0 amide bonds. The summed E-state index contributed by atoms with van der Waals surface area (Å²) in [4.78, 5) is 10.5. The number of sulfone groups is 1. The van der Waals surface area contributed by atoms with E-state index in [0.717, 1.165) is 11.4 Å². The molecule has 0 N–H and O–H groups in total. The summed E-state index contributed by atoms with van der Waals surface area (Å²) in [5.41, 5.74) is 0.807. The van der Waals surface area contributed by atoms with E-state index < -0.39 is 9.84 Å². The SMILES string of the molecule is Cc1nc(Cl)c(C)c(N2CCCS(=O)(=O)CC2)n1. The number of hydrogen-bond acceptors (Lipinski definition) is 5. The van der Waals surface area contributed by atoms with Crippen molar-refractivity contribution in [2.45, 2.75) is 20.3 Å². The van der Waals surface area contributed by atoms with Crippen molar-refractivity contribution in [1.82, 2.24) is 9.97 Å². The van der Waals surface area contributed by atoms with Gasteiger partial charge in [-0.3, -0.25) is 0 Å². The van der Waals surface area contributed by atoms with Gasteiger partial charge in [0.05, 0.1) is 11.5 Å². The number of halogens is 1. The van der Waals surface area contributed by atoms with Gasteiger partial charge in [-0.05, 0) is 20.3 Å². The van der Waals surface area contributed by atoms with Crippen molar-refractivity contribution >= 4 is 27.3 Å². The molecule has 0 bridgehead atoms. The van der Waals surface area contributed by atoms with Crippen molar-refractivity contribution in [2.24, 2.45) is 0 Å². The minimum absolute atomic E-state index is 0.174. The predicted molar refractivity (Wildman–Crippen MR) is 72.0 cm³/mol. The first-order chi connectivity index (χ1) is 8.39. The van der Waals surface area contributed by atoms with Crippen LogP contribution in [0.2, 0.25) is 5.15 Å². The number of rotatable bonds is 1. The molecule has 1 fully saturated rings. The Labute approximate surface area is 112 Å². The largest absolute Gasteiger partial charge is 0.355 e. The van der Waals surface area contributed by atoms with E-state index in [1.807, 2.05) is 11.8 Å². The molecule has 0 unspecified atom stereocenters. The third-order valence-corrected chi connectivity index (χ3v) is 5.11. The van der Waals surface area contributed by atoms with Crippen molar-refractivity contribution in [3.05, 3.63) is 16.5 Å². The van der Waals surface area contributed by atoms with E-state index >= 15 is 0 Å². The first-order valence-electron chi connectivity index (χ1n) is 5.85. The van der Waals surface area contributed by atoms with Gasteiger partial charge in [0.1, 0.15) is 16.8 Å². The molecular weight excluding hydrogens is 274 g/mol. The zero-order valence-electron chi connectivity index (χ0n) is 10.5. The second-order valence-corrected chi connectivity index (χ2v) is 7.16. The Hall–Kier alpha value is -0.880. The number of aromatic nitrogens is 2. The van der Waals surface area contributed by atoms with Crippen LogP contribution < -0.4 is 4.90 Å². The third-order valence-electron chi connectivity index (χ3n) is 3.03. The van der Waals surface area contributed by atoms with Crippen LogP contribution in [0.5, 0.6) is 0 Å². The number of aryl methyl sites for hydroxylation is 1. The van der Waals surface area contributed by atoms with Gasteiger partial charge in [0, 0.05) is 18.7 Å². The quantitative estimate of drug-likeness (QED) is 0.731. The Bertz CT molecular complexity index is 560. The van der Waals surface area contributed by atoms with Crippen molar-refractivity contribution in [1.29, 1.82) is 0 Å². The molecule has 0 atom stereocenters. The van der Waals surface area contributed by atoms with Gasteiger partial charge in [-0.15, -0.1) is 0 Å². The maximum atomic E-state index is 11.6. The van der Waals surface area contributed by atoms with E-state index in [-0.39, 0.29) is 11.5 Å². The number of hydrogen-bond donors (Lipinski definition) is 0. The highest BCUT2D eigenvalue weighted by Crippen LogP contribution is 2.24. The summed E-state index contributed by atoms with van der Waals surface area (Å²) in [6, 6.07) is 0. The topological polar surface area (TPSA) is 63.2 Å². The summed E-state index contributed by atoms with van der Waals surface area (Å²) in [7, 11) is -2.91. The van der Waals surface area contributed by atoms with Gasteiger partial charge in [-0.1, -0.05) is 11.6 Å². The van der Waals surface area contributed by atoms with Crippen LogP contribution in [0.25, 0.3) is 0 Å². The van der Waals surface area contributed by atoms with Gasteiger partial charge >= 0.3 is 0 Å². The minimum Gasteiger partial charge on any atom is -0.355 e. The molecule has 1 aromatic heterocycles. The molecule has 2 heterocycles. The van der Waals surface area contributed by atoms with Crippen LogP contribution in [-0.2, 0) is 9.84 Å². The highest BCUT2D eigenvalue weighted by Gasteiger charge is 2.22. The van der Waals surface area contributed by atoms with E-state index in [9.17, 15) is 8.42 Å². The van der Waals surface area contributed by atoms with Crippen molar-refractivity contribution in [3.8, 4) is 0 Å². The van der Waals surface area contributed by atoms with E-state index in [2.05, 4.69) is 9.97 Å².